The first-order valence-corrected chi connectivity index (χ1v) is 8.33. The minimum Gasteiger partial charge on any atom is -0.356 e. The van der Waals surface area contributed by atoms with E-state index >= 15 is 0 Å². The van der Waals surface area contributed by atoms with Gasteiger partial charge in [0, 0.05) is 18.1 Å². The molecule has 1 heterocycles. The molecule has 3 heteroatoms. The number of amides is 1. The number of pyridine rings is 1. The highest BCUT2D eigenvalue weighted by molar-refractivity contribution is 5.87. The second kappa shape index (κ2) is 8.52. The van der Waals surface area contributed by atoms with Gasteiger partial charge in [-0.3, -0.25) is 9.78 Å². The van der Waals surface area contributed by atoms with Gasteiger partial charge in [-0.05, 0) is 24.0 Å². The Morgan fingerprint density at radius 2 is 2.05 bits per heavy atom. The summed E-state index contributed by atoms with van der Waals surface area (Å²) in [5.41, 5.74) is 1.93. The van der Waals surface area contributed by atoms with Crippen LogP contribution >= 0.6 is 0 Å². The van der Waals surface area contributed by atoms with Crippen molar-refractivity contribution in [1.29, 1.82) is 0 Å². The van der Waals surface area contributed by atoms with E-state index in [9.17, 15) is 4.79 Å². The molecule has 0 bridgehead atoms. The van der Waals surface area contributed by atoms with Gasteiger partial charge in [0.2, 0.25) is 5.91 Å². The predicted molar refractivity (Wildman–Crippen MR) is 91.8 cm³/mol. The molecule has 0 saturated heterocycles. The number of fused-ring (bicyclic) bond motifs is 1. The van der Waals surface area contributed by atoms with Crippen molar-refractivity contribution in [3.05, 3.63) is 42.1 Å². The van der Waals surface area contributed by atoms with Gasteiger partial charge in [0.25, 0.3) is 0 Å². The summed E-state index contributed by atoms with van der Waals surface area (Å²) in [6.07, 6.45) is 6.95. The largest absolute Gasteiger partial charge is 0.356 e. The maximum Gasteiger partial charge on any atom is 0.224 e. The van der Waals surface area contributed by atoms with Crippen LogP contribution in [0.4, 0.5) is 0 Å². The lowest BCUT2D eigenvalue weighted by Gasteiger charge is -2.15. The number of para-hydroxylation sites is 1. The molecule has 1 atom stereocenters. The summed E-state index contributed by atoms with van der Waals surface area (Å²) in [4.78, 5) is 16.6. The monoisotopic (exact) mass is 298 g/mol. The first-order valence-electron chi connectivity index (χ1n) is 8.33. The van der Waals surface area contributed by atoms with Crippen molar-refractivity contribution in [2.45, 2.75) is 46.0 Å². The van der Waals surface area contributed by atoms with Crippen molar-refractivity contribution in [2.24, 2.45) is 5.92 Å². The third kappa shape index (κ3) is 4.55. The van der Waals surface area contributed by atoms with E-state index in [1.807, 2.05) is 30.3 Å². The molecule has 0 fully saturated rings. The highest BCUT2D eigenvalue weighted by Gasteiger charge is 2.10. The van der Waals surface area contributed by atoms with E-state index in [4.69, 9.17) is 0 Å². The Morgan fingerprint density at radius 1 is 1.23 bits per heavy atom. The molecule has 22 heavy (non-hydrogen) atoms. The molecule has 3 nitrogen and oxygen atoms in total. The number of rotatable bonds is 8. The molecule has 0 aliphatic rings. The van der Waals surface area contributed by atoms with E-state index in [-0.39, 0.29) is 5.91 Å². The summed E-state index contributed by atoms with van der Waals surface area (Å²) >= 11 is 0. The van der Waals surface area contributed by atoms with Crippen LogP contribution in [0.2, 0.25) is 0 Å². The molecular weight excluding hydrogens is 272 g/mol. The lowest BCUT2D eigenvalue weighted by Crippen LogP contribution is -2.30. The van der Waals surface area contributed by atoms with Crippen LogP contribution in [0.1, 0.15) is 45.1 Å². The number of hydrogen-bond donors (Lipinski definition) is 1. The number of unbranched alkanes of at least 4 members (excludes halogenated alkanes) is 1. The third-order valence-corrected chi connectivity index (χ3v) is 4.20. The van der Waals surface area contributed by atoms with E-state index < -0.39 is 0 Å². The van der Waals surface area contributed by atoms with Gasteiger partial charge in [-0.25, -0.2) is 0 Å². The third-order valence-electron chi connectivity index (χ3n) is 4.20. The Labute approximate surface area is 133 Å². The molecule has 2 rings (SSSR count). The Morgan fingerprint density at radius 3 is 2.82 bits per heavy atom. The molecule has 0 spiro atoms. The van der Waals surface area contributed by atoms with Crippen LogP contribution in [0.15, 0.2) is 36.5 Å². The number of nitrogens with zero attached hydrogens (tertiary/aromatic N) is 1. The van der Waals surface area contributed by atoms with Crippen LogP contribution in [0.25, 0.3) is 10.9 Å². The van der Waals surface area contributed by atoms with Crippen LogP contribution in [0.3, 0.4) is 0 Å². The van der Waals surface area contributed by atoms with Crippen LogP contribution in [-0.4, -0.2) is 17.4 Å². The van der Waals surface area contributed by atoms with Crippen LogP contribution in [-0.2, 0) is 11.2 Å². The predicted octanol–water partition coefficient (Wildman–Crippen LogP) is 4.11. The zero-order valence-electron chi connectivity index (χ0n) is 13.6. The topological polar surface area (TPSA) is 42.0 Å². The summed E-state index contributed by atoms with van der Waals surface area (Å²) in [7, 11) is 0. The lowest BCUT2D eigenvalue weighted by molar-refractivity contribution is -0.120. The van der Waals surface area contributed by atoms with Crippen molar-refractivity contribution >= 4 is 16.8 Å². The minimum atomic E-state index is 0.0908. The van der Waals surface area contributed by atoms with Crippen molar-refractivity contribution in [1.82, 2.24) is 10.3 Å². The molecule has 0 aliphatic carbocycles. The SMILES string of the molecule is CCCCC(CC)CNC(=O)Cc1cccc2cccnc12. The quantitative estimate of drug-likeness (QED) is 0.797. The highest BCUT2D eigenvalue weighted by Crippen LogP contribution is 2.16. The van der Waals surface area contributed by atoms with Crippen LogP contribution in [0, 0.1) is 5.92 Å². The Bertz CT molecular complexity index is 604. The summed E-state index contributed by atoms with van der Waals surface area (Å²) in [6.45, 7) is 5.19. The minimum absolute atomic E-state index is 0.0908. The Hall–Kier alpha value is -1.90. The van der Waals surface area contributed by atoms with Crippen LogP contribution in [0.5, 0.6) is 0 Å². The average Bonchev–Trinajstić information content (AvgIpc) is 2.55. The highest BCUT2D eigenvalue weighted by atomic mass is 16.1. The zero-order valence-corrected chi connectivity index (χ0v) is 13.6. The van der Waals surface area contributed by atoms with Gasteiger partial charge in [0.1, 0.15) is 0 Å². The summed E-state index contributed by atoms with van der Waals surface area (Å²) in [6, 6.07) is 9.96. The van der Waals surface area contributed by atoms with Crippen molar-refractivity contribution in [3.63, 3.8) is 0 Å². The Kier molecular flexibility index (Phi) is 6.38. The molecular formula is C19H26N2O. The molecule has 1 N–H and O–H groups in total. The van der Waals surface area contributed by atoms with E-state index in [2.05, 4.69) is 24.1 Å². The first kappa shape index (κ1) is 16.5. The molecule has 0 saturated carbocycles. The van der Waals surface area contributed by atoms with E-state index in [1.54, 1.807) is 6.20 Å². The molecule has 1 aromatic carbocycles. The fraction of sp³-hybridized carbons (Fsp3) is 0.474. The molecule has 1 aromatic heterocycles. The van der Waals surface area contributed by atoms with Crippen molar-refractivity contribution < 1.29 is 4.79 Å². The second-order valence-electron chi connectivity index (χ2n) is 5.89. The first-order chi connectivity index (χ1) is 10.7. The van der Waals surface area contributed by atoms with E-state index in [0.29, 0.717) is 12.3 Å². The fourth-order valence-electron chi connectivity index (χ4n) is 2.75. The number of carbonyl (C=O) groups excluding carboxylic acids is 1. The number of carbonyl (C=O) groups is 1. The smallest absolute Gasteiger partial charge is 0.224 e. The normalized spacial score (nSPS) is 12.3. The van der Waals surface area contributed by atoms with Gasteiger partial charge in [-0.2, -0.15) is 0 Å². The van der Waals surface area contributed by atoms with Gasteiger partial charge in [0.05, 0.1) is 11.9 Å². The zero-order chi connectivity index (χ0) is 15.8. The number of aromatic nitrogens is 1. The fourth-order valence-corrected chi connectivity index (χ4v) is 2.75. The molecule has 1 amide bonds. The van der Waals surface area contributed by atoms with E-state index in [0.717, 1.165) is 29.4 Å². The molecule has 118 valence electrons. The molecule has 0 radical (unpaired) electrons. The Balaban J connectivity index is 1.93. The number of hydrogen-bond acceptors (Lipinski definition) is 2. The van der Waals surface area contributed by atoms with Gasteiger partial charge < -0.3 is 5.32 Å². The van der Waals surface area contributed by atoms with Crippen molar-refractivity contribution in [3.8, 4) is 0 Å². The average molecular weight is 298 g/mol. The van der Waals surface area contributed by atoms with Crippen LogP contribution < -0.4 is 5.32 Å². The van der Waals surface area contributed by atoms with Gasteiger partial charge in [0.15, 0.2) is 0 Å². The molecule has 2 aromatic rings. The number of benzene rings is 1. The summed E-state index contributed by atoms with van der Waals surface area (Å²) in [5, 5.41) is 4.17. The standard InChI is InChI=1S/C19H26N2O/c1-3-5-8-15(4-2)14-21-18(22)13-17-10-6-9-16-11-7-12-20-19(16)17/h6-7,9-12,15H,3-5,8,13-14H2,1-2H3,(H,21,22). The summed E-state index contributed by atoms with van der Waals surface area (Å²) < 4.78 is 0. The molecule has 0 aliphatic heterocycles. The van der Waals surface area contributed by atoms with Crippen molar-refractivity contribution in [2.75, 3.05) is 6.54 Å². The van der Waals surface area contributed by atoms with E-state index in [1.165, 1.54) is 19.3 Å². The summed E-state index contributed by atoms with van der Waals surface area (Å²) in [5.74, 6) is 0.683. The van der Waals surface area contributed by atoms with Gasteiger partial charge in [-0.15, -0.1) is 0 Å². The maximum atomic E-state index is 12.2. The molecule has 1 unspecified atom stereocenters. The number of nitrogens with one attached hydrogen (secondary N) is 1. The van der Waals surface area contributed by atoms with Gasteiger partial charge >= 0.3 is 0 Å². The van der Waals surface area contributed by atoms with Gasteiger partial charge in [-0.1, -0.05) is 57.4 Å². The second-order valence-corrected chi connectivity index (χ2v) is 5.89. The maximum absolute atomic E-state index is 12.2. The lowest BCUT2D eigenvalue weighted by atomic mass is 9.99.